The minimum Gasteiger partial charge on any atom is -0.307 e. The highest BCUT2D eigenvalue weighted by Crippen LogP contribution is 2.63. The number of anilines is 3. The van der Waals surface area contributed by atoms with E-state index in [2.05, 4.69) is 65.6 Å². The molecule has 0 bridgehead atoms. The second-order valence-electron chi connectivity index (χ2n) is 11.6. The quantitative estimate of drug-likeness (QED) is 0.204. The largest absolute Gasteiger partial charge is 0.307 e. The average molecular weight is 589 g/mol. The average Bonchev–Trinajstić information content (AvgIpc) is 3.53. The zero-order valence-corrected chi connectivity index (χ0v) is 23.8. The van der Waals surface area contributed by atoms with Crippen LogP contribution in [0.25, 0.3) is 33.0 Å². The summed E-state index contributed by atoms with van der Waals surface area (Å²) in [5.74, 6) is -2.00. The topological polar surface area (TPSA) is 16.1 Å². The van der Waals surface area contributed by atoms with Crippen molar-refractivity contribution >= 4 is 27.8 Å². The molecule has 1 aromatic heterocycles. The van der Waals surface area contributed by atoms with Gasteiger partial charge in [-0.05, 0) is 80.7 Å². The number of hydrogen-bond donors (Lipinski definition) is 0. The summed E-state index contributed by atoms with van der Waals surface area (Å²) in [6, 6.07) is 38.9. The van der Waals surface area contributed by atoms with Gasteiger partial charge in [-0.3, -0.25) is 4.98 Å². The fraction of sp³-hybridized carbons (Fsp3) is 0.0250. The Hall–Kier alpha value is -5.68. The normalized spacial score (nSPS) is 13.4. The van der Waals surface area contributed by atoms with Crippen molar-refractivity contribution in [2.24, 2.45) is 0 Å². The molecule has 2 nitrogen and oxygen atoms in total. The molecule has 1 heterocycles. The zero-order chi connectivity index (χ0) is 30.3. The highest BCUT2D eigenvalue weighted by atomic mass is 19.1. The van der Waals surface area contributed by atoms with Gasteiger partial charge in [0.05, 0.1) is 16.8 Å². The first kappa shape index (κ1) is 25.8. The van der Waals surface area contributed by atoms with E-state index >= 15 is 4.39 Å². The SMILES string of the molecule is Fc1cc(F)cc(N(c2ccc3c(c2)-c2cnccc2C32c3ccccc3-c3ccccc32)c2c(F)ccc3ccccc23)c1. The van der Waals surface area contributed by atoms with Gasteiger partial charge in [0.1, 0.15) is 17.5 Å². The summed E-state index contributed by atoms with van der Waals surface area (Å²) in [6.07, 6.45) is 3.70. The van der Waals surface area contributed by atoms with Crippen molar-refractivity contribution in [1.29, 1.82) is 0 Å². The van der Waals surface area contributed by atoms with Gasteiger partial charge in [0.2, 0.25) is 0 Å². The van der Waals surface area contributed by atoms with Crippen LogP contribution in [0.4, 0.5) is 30.2 Å². The van der Waals surface area contributed by atoms with Gasteiger partial charge < -0.3 is 4.90 Å². The summed E-state index contributed by atoms with van der Waals surface area (Å²) in [5, 5.41) is 1.43. The smallest absolute Gasteiger partial charge is 0.147 e. The van der Waals surface area contributed by atoms with Crippen molar-refractivity contribution in [2.45, 2.75) is 5.41 Å². The molecule has 0 aliphatic heterocycles. The third-order valence-corrected chi connectivity index (χ3v) is 9.31. The molecule has 0 saturated carbocycles. The molecule has 7 aromatic rings. The lowest BCUT2D eigenvalue weighted by Gasteiger charge is -2.31. The molecule has 2 aliphatic carbocycles. The van der Waals surface area contributed by atoms with E-state index in [0.717, 1.165) is 33.7 Å². The highest BCUT2D eigenvalue weighted by Gasteiger charge is 2.51. The van der Waals surface area contributed by atoms with Gasteiger partial charge in [-0.1, -0.05) is 84.9 Å². The summed E-state index contributed by atoms with van der Waals surface area (Å²) < 4.78 is 45.5. The van der Waals surface area contributed by atoms with Crippen LogP contribution in [0.5, 0.6) is 0 Å². The van der Waals surface area contributed by atoms with E-state index in [1.54, 1.807) is 11.0 Å². The maximum absolute atomic E-state index is 16.0. The predicted molar refractivity (Wildman–Crippen MR) is 173 cm³/mol. The monoisotopic (exact) mass is 588 g/mol. The number of fused-ring (bicyclic) bond motifs is 11. The molecule has 0 atom stereocenters. The van der Waals surface area contributed by atoms with Crippen LogP contribution in [0, 0.1) is 17.5 Å². The third-order valence-electron chi connectivity index (χ3n) is 9.31. The number of aromatic nitrogens is 1. The minimum absolute atomic E-state index is 0.179. The number of benzene rings is 6. The zero-order valence-electron chi connectivity index (χ0n) is 23.8. The molecule has 214 valence electrons. The highest BCUT2D eigenvalue weighted by molar-refractivity contribution is 6.01. The number of halogens is 3. The van der Waals surface area contributed by atoms with E-state index in [1.807, 2.05) is 48.8 Å². The molecule has 2 aliphatic rings. The maximum atomic E-state index is 16.0. The van der Waals surface area contributed by atoms with Gasteiger partial charge >= 0.3 is 0 Å². The molecule has 5 heteroatoms. The number of nitrogens with zero attached hydrogens (tertiary/aromatic N) is 2. The molecule has 0 saturated heterocycles. The van der Waals surface area contributed by atoms with E-state index in [-0.39, 0.29) is 11.4 Å². The Labute approximate surface area is 257 Å². The van der Waals surface area contributed by atoms with Crippen LogP contribution in [0.1, 0.15) is 22.3 Å². The minimum atomic E-state index is -0.746. The molecule has 45 heavy (non-hydrogen) atoms. The molecular formula is C40H23F3N2. The summed E-state index contributed by atoms with van der Waals surface area (Å²) >= 11 is 0. The maximum Gasteiger partial charge on any atom is 0.147 e. The summed E-state index contributed by atoms with van der Waals surface area (Å²) in [6.45, 7) is 0. The van der Waals surface area contributed by atoms with E-state index < -0.39 is 22.9 Å². The fourth-order valence-corrected chi connectivity index (χ4v) is 7.65. The standard InChI is InChI=1S/C40H23F3N2/c41-25-19-26(42)21-28(20-25)45(39-29-8-2-1-7-24(29)13-16-38(39)43)27-14-15-36-32(22-27)33-23-44-18-17-37(33)40(36)34-11-5-3-9-30(34)31-10-4-6-12-35(31)40/h1-23H. The summed E-state index contributed by atoms with van der Waals surface area (Å²) in [7, 11) is 0. The van der Waals surface area contributed by atoms with Crippen LogP contribution in [-0.4, -0.2) is 4.98 Å². The summed E-state index contributed by atoms with van der Waals surface area (Å²) in [5.41, 5.74) is 9.23. The second kappa shape index (κ2) is 9.41. The Morgan fingerprint density at radius 2 is 1.16 bits per heavy atom. The lowest BCUT2D eigenvalue weighted by Crippen LogP contribution is -2.25. The van der Waals surface area contributed by atoms with Crippen molar-refractivity contribution in [1.82, 2.24) is 4.98 Å². The first-order valence-electron chi connectivity index (χ1n) is 14.8. The van der Waals surface area contributed by atoms with Crippen molar-refractivity contribution < 1.29 is 13.2 Å². The van der Waals surface area contributed by atoms with Crippen molar-refractivity contribution in [3.63, 3.8) is 0 Å². The molecule has 0 unspecified atom stereocenters. The van der Waals surface area contributed by atoms with E-state index in [4.69, 9.17) is 0 Å². The molecule has 6 aromatic carbocycles. The van der Waals surface area contributed by atoms with Crippen LogP contribution in [0.2, 0.25) is 0 Å². The van der Waals surface area contributed by atoms with E-state index in [9.17, 15) is 8.78 Å². The lowest BCUT2D eigenvalue weighted by atomic mass is 9.71. The second-order valence-corrected chi connectivity index (χ2v) is 11.6. The van der Waals surface area contributed by atoms with Gasteiger partial charge in [0.25, 0.3) is 0 Å². The molecule has 9 rings (SSSR count). The van der Waals surface area contributed by atoms with E-state index in [0.29, 0.717) is 11.1 Å². The van der Waals surface area contributed by atoms with Crippen molar-refractivity contribution in [3.8, 4) is 22.3 Å². The van der Waals surface area contributed by atoms with E-state index in [1.165, 1.54) is 40.5 Å². The van der Waals surface area contributed by atoms with Gasteiger partial charge in [0, 0.05) is 35.1 Å². The van der Waals surface area contributed by atoms with Crippen LogP contribution in [0.3, 0.4) is 0 Å². The number of rotatable bonds is 3. The molecule has 0 amide bonds. The van der Waals surface area contributed by atoms with Crippen LogP contribution in [0.15, 0.2) is 140 Å². The van der Waals surface area contributed by atoms with Gasteiger partial charge in [0.15, 0.2) is 0 Å². The Morgan fingerprint density at radius 3 is 1.91 bits per heavy atom. The fourth-order valence-electron chi connectivity index (χ4n) is 7.65. The van der Waals surface area contributed by atoms with Crippen LogP contribution < -0.4 is 4.90 Å². The van der Waals surface area contributed by atoms with Crippen molar-refractivity contribution in [3.05, 3.63) is 179 Å². The van der Waals surface area contributed by atoms with Crippen LogP contribution in [-0.2, 0) is 5.41 Å². The lowest BCUT2D eigenvalue weighted by molar-refractivity contribution is 0.583. The van der Waals surface area contributed by atoms with Gasteiger partial charge in [-0.2, -0.15) is 0 Å². The first-order valence-corrected chi connectivity index (χ1v) is 14.8. The van der Waals surface area contributed by atoms with Crippen LogP contribution >= 0.6 is 0 Å². The van der Waals surface area contributed by atoms with Gasteiger partial charge in [-0.15, -0.1) is 0 Å². The van der Waals surface area contributed by atoms with Gasteiger partial charge in [-0.25, -0.2) is 13.2 Å². The molecule has 1 spiro atoms. The Kier molecular flexibility index (Phi) is 5.39. The molecule has 0 N–H and O–H groups in total. The number of pyridine rings is 1. The summed E-state index contributed by atoms with van der Waals surface area (Å²) in [4.78, 5) is 6.13. The Bertz CT molecular complexity index is 2280. The predicted octanol–water partition coefficient (Wildman–Crippen LogP) is 10.5. The number of hydrogen-bond acceptors (Lipinski definition) is 2. The molecule has 0 fully saturated rings. The third kappa shape index (κ3) is 3.49. The Morgan fingerprint density at radius 1 is 0.511 bits per heavy atom. The van der Waals surface area contributed by atoms with Crippen molar-refractivity contribution in [2.75, 3.05) is 4.90 Å². The first-order chi connectivity index (χ1) is 22.1. The Balaban J connectivity index is 1.36. The molecule has 0 radical (unpaired) electrons. The molecular weight excluding hydrogens is 565 g/mol.